The molecule has 0 atom stereocenters. The topological polar surface area (TPSA) is 53.1 Å². The van der Waals surface area contributed by atoms with Crippen LogP contribution in [0.4, 0.5) is 0 Å². The van der Waals surface area contributed by atoms with E-state index in [0.717, 1.165) is 16.5 Å². The van der Waals surface area contributed by atoms with Crippen molar-refractivity contribution in [3.63, 3.8) is 0 Å². The molecule has 88 valence electrons. The van der Waals surface area contributed by atoms with Crippen LogP contribution in [-0.4, -0.2) is 16.1 Å². The number of carboxylic acid groups (broad SMARTS) is 1. The highest BCUT2D eigenvalue weighted by Gasteiger charge is 2.07. The van der Waals surface area contributed by atoms with Crippen molar-refractivity contribution in [2.24, 2.45) is 0 Å². The lowest BCUT2D eigenvalue weighted by molar-refractivity contribution is -0.132. The number of aromatic amines is 1. The number of aromatic nitrogens is 1. The predicted octanol–water partition coefficient (Wildman–Crippen LogP) is 3.35. The second-order valence-electron chi connectivity index (χ2n) is 4.12. The Morgan fingerprint density at radius 1 is 1.47 bits per heavy atom. The Balaban J connectivity index is 2.56. The van der Waals surface area contributed by atoms with Crippen LogP contribution >= 0.6 is 0 Å². The van der Waals surface area contributed by atoms with Crippen LogP contribution in [0.3, 0.4) is 0 Å². The summed E-state index contributed by atoms with van der Waals surface area (Å²) >= 11 is 0. The number of fused-ring (bicyclic) bond motifs is 1. The SMILES string of the molecule is CC/C(=C\c1c[nH]c2ccc(C)cc12)C(=O)O. The maximum absolute atomic E-state index is 11.0. The van der Waals surface area contributed by atoms with E-state index in [1.54, 1.807) is 6.08 Å². The Morgan fingerprint density at radius 3 is 2.88 bits per heavy atom. The first-order valence-corrected chi connectivity index (χ1v) is 5.63. The van der Waals surface area contributed by atoms with E-state index in [0.29, 0.717) is 12.0 Å². The van der Waals surface area contributed by atoms with E-state index in [2.05, 4.69) is 11.1 Å². The Kier molecular flexibility index (Phi) is 3.00. The largest absolute Gasteiger partial charge is 0.478 e. The summed E-state index contributed by atoms with van der Waals surface area (Å²) in [7, 11) is 0. The second-order valence-corrected chi connectivity index (χ2v) is 4.12. The van der Waals surface area contributed by atoms with Crippen LogP contribution in [0.2, 0.25) is 0 Å². The molecule has 3 heteroatoms. The van der Waals surface area contributed by atoms with Crippen molar-refractivity contribution in [2.75, 3.05) is 0 Å². The molecular formula is C14H15NO2. The van der Waals surface area contributed by atoms with Gasteiger partial charge < -0.3 is 10.1 Å². The summed E-state index contributed by atoms with van der Waals surface area (Å²) in [6.07, 6.45) is 4.11. The highest BCUT2D eigenvalue weighted by molar-refractivity contribution is 5.97. The molecule has 2 rings (SSSR count). The number of benzene rings is 1. The third kappa shape index (κ3) is 2.23. The third-order valence-electron chi connectivity index (χ3n) is 2.85. The van der Waals surface area contributed by atoms with E-state index in [4.69, 9.17) is 5.11 Å². The van der Waals surface area contributed by atoms with Crippen molar-refractivity contribution in [2.45, 2.75) is 20.3 Å². The maximum atomic E-state index is 11.0. The summed E-state index contributed by atoms with van der Waals surface area (Å²) in [5, 5.41) is 10.1. The number of hydrogen-bond acceptors (Lipinski definition) is 1. The van der Waals surface area contributed by atoms with Crippen LogP contribution < -0.4 is 0 Å². The quantitative estimate of drug-likeness (QED) is 0.793. The van der Waals surface area contributed by atoms with Crippen molar-refractivity contribution in [1.29, 1.82) is 0 Å². The first-order valence-electron chi connectivity index (χ1n) is 5.63. The van der Waals surface area contributed by atoms with Crippen molar-refractivity contribution < 1.29 is 9.90 Å². The molecule has 0 spiro atoms. The van der Waals surface area contributed by atoms with Crippen LogP contribution in [0.15, 0.2) is 30.0 Å². The number of aryl methyl sites for hydroxylation is 1. The number of nitrogens with one attached hydrogen (secondary N) is 1. The zero-order valence-corrected chi connectivity index (χ0v) is 9.95. The summed E-state index contributed by atoms with van der Waals surface area (Å²) in [6, 6.07) is 6.10. The molecule has 0 fully saturated rings. The summed E-state index contributed by atoms with van der Waals surface area (Å²) in [6.45, 7) is 3.87. The molecule has 0 radical (unpaired) electrons. The van der Waals surface area contributed by atoms with Crippen molar-refractivity contribution in [3.05, 3.63) is 41.1 Å². The lowest BCUT2D eigenvalue weighted by Crippen LogP contribution is -1.98. The van der Waals surface area contributed by atoms with Gasteiger partial charge in [0.15, 0.2) is 0 Å². The minimum Gasteiger partial charge on any atom is -0.478 e. The Bertz CT molecular complexity index is 593. The Labute approximate surface area is 99.8 Å². The minimum absolute atomic E-state index is 0.424. The fourth-order valence-corrected chi connectivity index (χ4v) is 1.88. The van der Waals surface area contributed by atoms with Gasteiger partial charge in [0.1, 0.15) is 0 Å². The van der Waals surface area contributed by atoms with Gasteiger partial charge in [-0.3, -0.25) is 0 Å². The van der Waals surface area contributed by atoms with Gasteiger partial charge in [0.25, 0.3) is 0 Å². The zero-order valence-electron chi connectivity index (χ0n) is 9.95. The van der Waals surface area contributed by atoms with Gasteiger partial charge >= 0.3 is 5.97 Å². The third-order valence-corrected chi connectivity index (χ3v) is 2.85. The van der Waals surface area contributed by atoms with Crippen molar-refractivity contribution in [3.8, 4) is 0 Å². The summed E-state index contributed by atoms with van der Waals surface area (Å²) in [5.41, 5.74) is 3.55. The van der Waals surface area contributed by atoms with Gasteiger partial charge in [0.05, 0.1) is 0 Å². The standard InChI is InChI=1S/C14H15NO2/c1-3-10(14(16)17)7-11-8-15-13-5-4-9(2)6-12(11)13/h4-8,15H,3H2,1-2H3,(H,16,17)/b10-7+. The lowest BCUT2D eigenvalue weighted by atomic mass is 10.1. The molecule has 0 amide bonds. The molecule has 0 bridgehead atoms. The first-order chi connectivity index (χ1) is 8.11. The average Bonchev–Trinajstić information content (AvgIpc) is 2.68. The van der Waals surface area contributed by atoms with Crippen LogP contribution in [0.5, 0.6) is 0 Å². The molecule has 0 saturated heterocycles. The van der Waals surface area contributed by atoms with E-state index in [1.807, 2.05) is 32.2 Å². The van der Waals surface area contributed by atoms with Crippen molar-refractivity contribution in [1.82, 2.24) is 4.98 Å². The molecule has 2 aromatic rings. The number of rotatable bonds is 3. The van der Waals surface area contributed by atoms with Gasteiger partial charge in [0.2, 0.25) is 0 Å². The summed E-state index contributed by atoms with van der Waals surface area (Å²) in [5.74, 6) is -0.852. The Morgan fingerprint density at radius 2 is 2.24 bits per heavy atom. The molecule has 1 aromatic carbocycles. The molecule has 1 aromatic heterocycles. The highest BCUT2D eigenvalue weighted by Crippen LogP contribution is 2.22. The van der Waals surface area contributed by atoms with E-state index < -0.39 is 5.97 Å². The van der Waals surface area contributed by atoms with Gasteiger partial charge in [0, 0.05) is 28.2 Å². The van der Waals surface area contributed by atoms with Crippen LogP contribution in [-0.2, 0) is 4.79 Å². The second kappa shape index (κ2) is 4.45. The molecular weight excluding hydrogens is 214 g/mol. The van der Waals surface area contributed by atoms with Crippen molar-refractivity contribution >= 4 is 22.9 Å². The van der Waals surface area contributed by atoms with E-state index in [-0.39, 0.29) is 0 Å². The van der Waals surface area contributed by atoms with Gasteiger partial charge in [-0.25, -0.2) is 4.79 Å². The summed E-state index contributed by atoms with van der Waals surface area (Å²) < 4.78 is 0. The fourth-order valence-electron chi connectivity index (χ4n) is 1.88. The molecule has 17 heavy (non-hydrogen) atoms. The molecule has 3 nitrogen and oxygen atoms in total. The zero-order chi connectivity index (χ0) is 12.4. The van der Waals surface area contributed by atoms with E-state index in [1.165, 1.54) is 5.56 Å². The monoisotopic (exact) mass is 229 g/mol. The molecule has 0 aliphatic carbocycles. The van der Waals surface area contributed by atoms with Crippen LogP contribution in [0.1, 0.15) is 24.5 Å². The molecule has 2 N–H and O–H groups in total. The highest BCUT2D eigenvalue weighted by atomic mass is 16.4. The molecule has 0 aliphatic heterocycles. The van der Waals surface area contributed by atoms with Crippen LogP contribution in [0.25, 0.3) is 17.0 Å². The van der Waals surface area contributed by atoms with Gasteiger partial charge in [-0.15, -0.1) is 0 Å². The van der Waals surface area contributed by atoms with E-state index >= 15 is 0 Å². The van der Waals surface area contributed by atoms with E-state index in [9.17, 15) is 4.79 Å². The molecule has 1 heterocycles. The van der Waals surface area contributed by atoms with Gasteiger partial charge in [-0.1, -0.05) is 18.6 Å². The minimum atomic E-state index is -0.852. The first kappa shape index (κ1) is 11.5. The molecule has 0 aliphatic rings. The summed E-state index contributed by atoms with van der Waals surface area (Å²) in [4.78, 5) is 14.1. The number of aliphatic carboxylic acids is 1. The number of H-pyrrole nitrogens is 1. The van der Waals surface area contributed by atoms with Gasteiger partial charge in [-0.05, 0) is 31.6 Å². The smallest absolute Gasteiger partial charge is 0.331 e. The lowest BCUT2D eigenvalue weighted by Gasteiger charge is -1.98. The van der Waals surface area contributed by atoms with Gasteiger partial charge in [-0.2, -0.15) is 0 Å². The fraction of sp³-hybridized carbons (Fsp3) is 0.214. The molecule has 0 unspecified atom stereocenters. The Hall–Kier alpha value is -2.03. The average molecular weight is 229 g/mol. The predicted molar refractivity (Wildman–Crippen MR) is 68.9 cm³/mol. The van der Waals surface area contributed by atoms with Crippen LogP contribution in [0, 0.1) is 6.92 Å². The normalized spacial score (nSPS) is 12.0. The maximum Gasteiger partial charge on any atom is 0.331 e. The number of hydrogen-bond donors (Lipinski definition) is 2. The number of carboxylic acids is 1. The molecule has 0 saturated carbocycles. The number of carbonyl (C=O) groups is 1.